The molecule has 0 spiro atoms. The SMILES string of the molecule is CS(=O)(=O)c1ccc2nc(N3CCN(C(=O)C4CCCN(S(=O)(=O)c5cccs5)C4)CC3)sc2c1. The van der Waals surface area contributed by atoms with Gasteiger partial charge < -0.3 is 9.80 Å². The molecule has 2 aromatic heterocycles. The Hall–Kier alpha value is -2.06. The minimum absolute atomic E-state index is 0.0119. The lowest BCUT2D eigenvalue weighted by atomic mass is 9.98. The van der Waals surface area contributed by atoms with Gasteiger partial charge in [-0.15, -0.1) is 11.3 Å². The molecule has 0 bridgehead atoms. The van der Waals surface area contributed by atoms with Crippen LogP contribution in [0.3, 0.4) is 0 Å². The smallest absolute Gasteiger partial charge is 0.252 e. The molecule has 2 aliphatic rings. The number of aromatic nitrogens is 1. The second-order valence-electron chi connectivity index (χ2n) is 8.84. The van der Waals surface area contributed by atoms with Gasteiger partial charge in [-0.25, -0.2) is 21.8 Å². The monoisotopic (exact) mass is 554 g/mol. The van der Waals surface area contributed by atoms with E-state index in [9.17, 15) is 21.6 Å². The normalized spacial score (nSPS) is 20.4. The van der Waals surface area contributed by atoms with E-state index in [1.807, 2.05) is 4.90 Å². The number of amides is 1. The third-order valence-electron chi connectivity index (χ3n) is 6.46. The van der Waals surface area contributed by atoms with Crippen molar-refractivity contribution in [3.63, 3.8) is 0 Å². The van der Waals surface area contributed by atoms with Gasteiger partial charge in [0.25, 0.3) is 10.0 Å². The molecule has 1 unspecified atom stereocenters. The van der Waals surface area contributed by atoms with Crippen molar-refractivity contribution in [1.82, 2.24) is 14.2 Å². The molecule has 1 aromatic carbocycles. The van der Waals surface area contributed by atoms with Gasteiger partial charge in [-0.1, -0.05) is 17.4 Å². The van der Waals surface area contributed by atoms with E-state index >= 15 is 0 Å². The second-order valence-corrected chi connectivity index (χ2v) is 15.0. The number of piperidine rings is 1. The van der Waals surface area contributed by atoms with E-state index in [-0.39, 0.29) is 23.3 Å². The quantitative estimate of drug-likeness (QED) is 0.477. The van der Waals surface area contributed by atoms with Crippen LogP contribution in [0.2, 0.25) is 0 Å². The van der Waals surface area contributed by atoms with E-state index in [1.165, 1.54) is 33.2 Å². The highest BCUT2D eigenvalue weighted by Gasteiger charge is 2.36. The lowest BCUT2D eigenvalue weighted by Gasteiger charge is -2.38. The maximum atomic E-state index is 13.2. The highest BCUT2D eigenvalue weighted by molar-refractivity contribution is 7.91. The van der Waals surface area contributed by atoms with Gasteiger partial charge >= 0.3 is 0 Å². The van der Waals surface area contributed by atoms with Crippen molar-refractivity contribution in [3.05, 3.63) is 35.7 Å². The minimum Gasteiger partial charge on any atom is -0.345 e. The fourth-order valence-corrected chi connectivity index (χ4v) is 8.98. The molecule has 2 fully saturated rings. The number of hydrogen-bond acceptors (Lipinski definition) is 9. The third kappa shape index (κ3) is 4.96. The summed E-state index contributed by atoms with van der Waals surface area (Å²) < 4.78 is 52.1. The summed E-state index contributed by atoms with van der Waals surface area (Å²) in [6.07, 6.45) is 2.55. The van der Waals surface area contributed by atoms with Crippen molar-refractivity contribution in [2.24, 2.45) is 5.92 Å². The minimum atomic E-state index is -3.56. The molecule has 9 nitrogen and oxygen atoms in total. The highest BCUT2D eigenvalue weighted by Crippen LogP contribution is 2.32. The molecule has 0 aliphatic carbocycles. The molecule has 188 valence electrons. The zero-order valence-electron chi connectivity index (χ0n) is 19.2. The van der Waals surface area contributed by atoms with Gasteiger partial charge in [0, 0.05) is 45.5 Å². The fourth-order valence-electron chi connectivity index (χ4n) is 4.53. The number of fused-ring (bicyclic) bond motifs is 1. The van der Waals surface area contributed by atoms with E-state index < -0.39 is 19.9 Å². The molecule has 1 amide bonds. The van der Waals surface area contributed by atoms with Crippen LogP contribution < -0.4 is 4.90 Å². The maximum Gasteiger partial charge on any atom is 0.252 e. The van der Waals surface area contributed by atoms with E-state index in [2.05, 4.69) is 9.88 Å². The zero-order chi connectivity index (χ0) is 24.8. The van der Waals surface area contributed by atoms with E-state index in [0.29, 0.717) is 49.8 Å². The molecular formula is C22H26N4O5S4. The van der Waals surface area contributed by atoms with Gasteiger partial charge in [-0.05, 0) is 42.5 Å². The van der Waals surface area contributed by atoms with Gasteiger partial charge in [0.15, 0.2) is 15.0 Å². The number of nitrogens with zero attached hydrogens (tertiary/aromatic N) is 4. The number of sulfone groups is 1. The Morgan fingerprint density at radius 3 is 2.51 bits per heavy atom. The van der Waals surface area contributed by atoms with E-state index in [0.717, 1.165) is 15.3 Å². The van der Waals surface area contributed by atoms with Gasteiger partial charge in [0.1, 0.15) is 4.21 Å². The van der Waals surface area contributed by atoms with Crippen molar-refractivity contribution in [3.8, 4) is 0 Å². The fraction of sp³-hybridized carbons (Fsp3) is 0.455. The average molecular weight is 555 g/mol. The maximum absolute atomic E-state index is 13.2. The summed E-state index contributed by atoms with van der Waals surface area (Å²) in [5, 5.41) is 2.55. The van der Waals surface area contributed by atoms with Crippen LogP contribution in [0, 0.1) is 5.92 Å². The largest absolute Gasteiger partial charge is 0.345 e. The number of piperazine rings is 1. The zero-order valence-corrected chi connectivity index (χ0v) is 22.4. The van der Waals surface area contributed by atoms with Crippen LogP contribution in [-0.4, -0.2) is 82.5 Å². The van der Waals surface area contributed by atoms with Crippen molar-refractivity contribution in [1.29, 1.82) is 0 Å². The summed E-state index contributed by atoms with van der Waals surface area (Å²) >= 11 is 2.65. The number of hydrogen-bond donors (Lipinski definition) is 0. The van der Waals surface area contributed by atoms with Crippen molar-refractivity contribution in [2.45, 2.75) is 21.9 Å². The first-order valence-electron chi connectivity index (χ1n) is 11.3. The van der Waals surface area contributed by atoms with Crippen molar-refractivity contribution < 1.29 is 21.6 Å². The van der Waals surface area contributed by atoms with Crippen LogP contribution in [0.15, 0.2) is 44.8 Å². The summed E-state index contributed by atoms with van der Waals surface area (Å²) in [6, 6.07) is 8.29. The third-order valence-corrected chi connectivity index (χ3v) is 11.9. The first kappa shape index (κ1) is 24.6. The number of benzene rings is 1. The number of rotatable bonds is 5. The lowest BCUT2D eigenvalue weighted by molar-refractivity contribution is -0.137. The van der Waals surface area contributed by atoms with Crippen LogP contribution in [0.5, 0.6) is 0 Å². The van der Waals surface area contributed by atoms with Gasteiger partial charge in [-0.3, -0.25) is 4.79 Å². The summed E-state index contributed by atoms with van der Waals surface area (Å²) in [7, 11) is -6.84. The average Bonchev–Trinajstić information content (AvgIpc) is 3.53. The van der Waals surface area contributed by atoms with Crippen LogP contribution in [0.25, 0.3) is 10.2 Å². The predicted molar refractivity (Wildman–Crippen MR) is 137 cm³/mol. The van der Waals surface area contributed by atoms with E-state index in [4.69, 9.17) is 0 Å². The standard InChI is InChI=1S/C22H26N4O5S4/c1-34(28,29)17-6-7-18-19(14-17)33-22(23-18)25-11-9-24(10-12-25)21(27)16-4-2-8-26(15-16)35(30,31)20-5-3-13-32-20/h3,5-7,13-14,16H,2,4,8-12,15H2,1H3. The summed E-state index contributed by atoms with van der Waals surface area (Å²) in [5.74, 6) is -0.320. The summed E-state index contributed by atoms with van der Waals surface area (Å²) in [6.45, 7) is 2.98. The molecule has 3 aromatic rings. The Bertz CT molecular complexity index is 1440. The van der Waals surface area contributed by atoms with Gasteiger partial charge in [0.05, 0.1) is 21.0 Å². The first-order valence-corrected chi connectivity index (χ1v) is 16.3. The highest BCUT2D eigenvalue weighted by atomic mass is 32.2. The summed E-state index contributed by atoms with van der Waals surface area (Å²) in [4.78, 5) is 22.1. The van der Waals surface area contributed by atoms with Crippen LogP contribution in [-0.2, 0) is 24.7 Å². The molecule has 4 heterocycles. The number of carbonyl (C=O) groups excluding carboxylic acids is 1. The topological polar surface area (TPSA) is 108 Å². The Balaban J connectivity index is 1.23. The molecule has 5 rings (SSSR count). The Morgan fingerprint density at radius 2 is 1.83 bits per heavy atom. The Labute approximate surface area is 213 Å². The number of sulfonamides is 1. The number of anilines is 1. The predicted octanol–water partition coefficient (Wildman–Crippen LogP) is 2.51. The molecule has 0 radical (unpaired) electrons. The molecule has 13 heteroatoms. The molecular weight excluding hydrogens is 529 g/mol. The number of thiazole rings is 1. The number of thiophene rings is 1. The first-order chi connectivity index (χ1) is 16.6. The molecule has 0 saturated carbocycles. The van der Waals surface area contributed by atoms with Crippen molar-refractivity contribution >= 4 is 63.8 Å². The second kappa shape index (κ2) is 9.43. The molecule has 2 aliphatic heterocycles. The van der Waals surface area contributed by atoms with Crippen LogP contribution in [0.4, 0.5) is 5.13 Å². The molecule has 0 N–H and O–H groups in total. The Morgan fingerprint density at radius 1 is 1.06 bits per heavy atom. The van der Waals surface area contributed by atoms with Crippen molar-refractivity contribution in [2.75, 3.05) is 50.4 Å². The summed E-state index contributed by atoms with van der Waals surface area (Å²) in [5.41, 5.74) is 0.755. The number of carbonyl (C=O) groups is 1. The lowest BCUT2D eigenvalue weighted by Crippen LogP contribution is -2.53. The van der Waals surface area contributed by atoms with E-state index in [1.54, 1.807) is 35.7 Å². The molecule has 1 atom stereocenters. The van der Waals surface area contributed by atoms with Gasteiger partial charge in [0.2, 0.25) is 5.91 Å². The van der Waals surface area contributed by atoms with Gasteiger partial charge in [-0.2, -0.15) is 4.31 Å². The van der Waals surface area contributed by atoms with Crippen LogP contribution in [0.1, 0.15) is 12.8 Å². The Kier molecular flexibility index (Phi) is 6.64. The molecule has 35 heavy (non-hydrogen) atoms. The molecule has 2 saturated heterocycles. The van der Waals surface area contributed by atoms with Crippen LogP contribution >= 0.6 is 22.7 Å².